The molecule has 1 atom stereocenters. The summed E-state index contributed by atoms with van der Waals surface area (Å²) in [4.78, 5) is 21.0. The lowest BCUT2D eigenvalue weighted by Crippen LogP contribution is -2.54. The molecule has 2 N–H and O–H groups in total. The Hall–Kier alpha value is -1.20. The number of guanidine groups is 1. The van der Waals surface area contributed by atoms with Gasteiger partial charge in [0.2, 0.25) is 5.91 Å². The van der Waals surface area contributed by atoms with Crippen LogP contribution in [0.4, 0.5) is 0 Å². The van der Waals surface area contributed by atoms with E-state index >= 15 is 0 Å². The van der Waals surface area contributed by atoms with Crippen molar-refractivity contribution < 1.29 is 9.00 Å². The molecule has 1 aliphatic rings. The number of amides is 1. The van der Waals surface area contributed by atoms with Gasteiger partial charge in [-0.2, -0.15) is 0 Å². The number of nitrogens with zero attached hydrogens (tertiary/aromatic N) is 3. The first-order valence-corrected chi connectivity index (χ1v) is 11.9. The van der Waals surface area contributed by atoms with E-state index in [1.165, 1.54) is 0 Å². The van der Waals surface area contributed by atoms with E-state index in [0.29, 0.717) is 24.6 Å². The third kappa shape index (κ3) is 10.2. The second kappa shape index (κ2) is 14.7. The molecule has 9 heteroatoms. The van der Waals surface area contributed by atoms with E-state index in [0.717, 1.165) is 44.2 Å². The van der Waals surface area contributed by atoms with Crippen LogP contribution in [0.1, 0.15) is 26.3 Å². The van der Waals surface area contributed by atoms with Gasteiger partial charge < -0.3 is 15.5 Å². The lowest BCUT2D eigenvalue weighted by Gasteiger charge is -2.36. The molecule has 1 aromatic carbocycles. The first-order valence-electron chi connectivity index (χ1n) is 10.4. The predicted octanol–water partition coefficient (Wildman–Crippen LogP) is 1.66. The summed E-state index contributed by atoms with van der Waals surface area (Å²) in [7, 11) is -0.920. The first kappa shape index (κ1) is 26.8. The van der Waals surface area contributed by atoms with Crippen LogP contribution in [-0.2, 0) is 21.3 Å². The third-order valence-electron chi connectivity index (χ3n) is 4.57. The molecule has 0 aromatic heterocycles. The topological polar surface area (TPSA) is 77.0 Å². The van der Waals surface area contributed by atoms with Crippen LogP contribution in [0, 0.1) is 0 Å². The molecule has 0 spiro atoms. The van der Waals surface area contributed by atoms with Gasteiger partial charge in [0.15, 0.2) is 5.96 Å². The van der Waals surface area contributed by atoms with Crippen LogP contribution < -0.4 is 10.6 Å². The van der Waals surface area contributed by atoms with Crippen molar-refractivity contribution >= 4 is 46.6 Å². The maximum atomic E-state index is 12.3. The highest BCUT2D eigenvalue weighted by molar-refractivity contribution is 14.0. The van der Waals surface area contributed by atoms with E-state index in [9.17, 15) is 9.00 Å². The van der Waals surface area contributed by atoms with Crippen LogP contribution in [0.15, 0.2) is 35.3 Å². The predicted molar refractivity (Wildman–Crippen MR) is 136 cm³/mol. The number of hydrogen-bond donors (Lipinski definition) is 2. The van der Waals surface area contributed by atoms with Crippen molar-refractivity contribution in [2.75, 3.05) is 51.6 Å². The summed E-state index contributed by atoms with van der Waals surface area (Å²) < 4.78 is 12.3. The van der Waals surface area contributed by atoms with E-state index in [2.05, 4.69) is 32.3 Å². The minimum absolute atomic E-state index is 0. The second-order valence-corrected chi connectivity index (χ2v) is 9.07. The Morgan fingerprint density at radius 3 is 2.43 bits per heavy atom. The van der Waals surface area contributed by atoms with Crippen molar-refractivity contribution in [1.82, 2.24) is 20.4 Å². The minimum Gasteiger partial charge on any atom is -0.357 e. The molecule has 1 unspecified atom stereocenters. The summed E-state index contributed by atoms with van der Waals surface area (Å²) >= 11 is 0. The number of benzene rings is 1. The zero-order valence-corrected chi connectivity index (χ0v) is 21.4. The average Bonchev–Trinajstić information content (AvgIpc) is 2.68. The number of halogens is 1. The first-order chi connectivity index (χ1) is 14.0. The van der Waals surface area contributed by atoms with Gasteiger partial charge in [0.1, 0.15) is 0 Å². The number of carbonyl (C=O) groups excluding carboxylic acids is 1. The molecule has 0 saturated carbocycles. The Morgan fingerprint density at radius 1 is 1.17 bits per heavy atom. The van der Waals surface area contributed by atoms with E-state index < -0.39 is 10.8 Å². The van der Waals surface area contributed by atoms with Crippen LogP contribution in [0.25, 0.3) is 0 Å². The summed E-state index contributed by atoms with van der Waals surface area (Å²) in [6.45, 7) is 11.1. The summed E-state index contributed by atoms with van der Waals surface area (Å²) in [5.41, 5.74) is 1.10. The molecule has 1 amide bonds. The van der Waals surface area contributed by atoms with Gasteiger partial charge in [-0.25, -0.2) is 0 Å². The van der Waals surface area contributed by atoms with Gasteiger partial charge in [0, 0.05) is 61.1 Å². The quantitative estimate of drug-likeness (QED) is 0.279. The van der Waals surface area contributed by atoms with E-state index in [-0.39, 0.29) is 35.9 Å². The molecule has 1 saturated heterocycles. The van der Waals surface area contributed by atoms with E-state index in [4.69, 9.17) is 0 Å². The molecule has 0 bridgehead atoms. The van der Waals surface area contributed by atoms with Crippen molar-refractivity contribution in [3.05, 3.63) is 35.9 Å². The Bertz CT molecular complexity index is 679. The van der Waals surface area contributed by atoms with Crippen molar-refractivity contribution in [3.8, 4) is 0 Å². The number of piperazine rings is 1. The summed E-state index contributed by atoms with van der Waals surface area (Å²) in [5, 5.41) is 6.28. The fraction of sp³-hybridized carbons (Fsp3) is 0.619. The summed E-state index contributed by atoms with van der Waals surface area (Å²) in [6.07, 6.45) is 0. The maximum absolute atomic E-state index is 12.3. The zero-order valence-electron chi connectivity index (χ0n) is 18.3. The summed E-state index contributed by atoms with van der Waals surface area (Å²) in [6, 6.07) is 10.1. The molecule has 30 heavy (non-hydrogen) atoms. The Labute approximate surface area is 200 Å². The number of rotatable bonds is 9. The fourth-order valence-electron chi connectivity index (χ4n) is 3.20. The van der Waals surface area contributed by atoms with Crippen LogP contribution in [0.3, 0.4) is 0 Å². The number of carbonyl (C=O) groups is 1. The van der Waals surface area contributed by atoms with Gasteiger partial charge in [-0.3, -0.25) is 18.9 Å². The molecular formula is C21H36IN5O2S. The molecule has 7 nitrogen and oxygen atoms in total. The van der Waals surface area contributed by atoms with Crippen LogP contribution in [-0.4, -0.2) is 83.5 Å². The van der Waals surface area contributed by atoms with Gasteiger partial charge >= 0.3 is 0 Å². The molecule has 1 fully saturated rings. The van der Waals surface area contributed by atoms with Crippen LogP contribution in [0.5, 0.6) is 0 Å². The van der Waals surface area contributed by atoms with Gasteiger partial charge in [-0.1, -0.05) is 30.3 Å². The SMILES string of the molecule is CCNC(=NCCS(=O)Cc1ccccc1)N1CCN(CC(=O)NC(C)C)CC1.I. The zero-order chi connectivity index (χ0) is 21.1. The van der Waals surface area contributed by atoms with E-state index in [1.807, 2.05) is 44.2 Å². The Balaban J connectivity index is 0.00000450. The smallest absolute Gasteiger partial charge is 0.234 e. The maximum Gasteiger partial charge on any atom is 0.234 e. The highest BCUT2D eigenvalue weighted by Gasteiger charge is 2.21. The monoisotopic (exact) mass is 549 g/mol. The molecule has 0 radical (unpaired) electrons. The normalized spacial score (nSPS) is 16.1. The molecule has 1 aliphatic heterocycles. The largest absolute Gasteiger partial charge is 0.357 e. The molecule has 1 heterocycles. The van der Waals surface area contributed by atoms with Gasteiger partial charge in [-0.05, 0) is 26.3 Å². The fourth-order valence-corrected chi connectivity index (χ4v) is 4.20. The molecule has 170 valence electrons. The molecule has 1 aromatic rings. The van der Waals surface area contributed by atoms with Crippen molar-refractivity contribution in [1.29, 1.82) is 0 Å². The average molecular weight is 550 g/mol. The lowest BCUT2D eigenvalue weighted by molar-refractivity contribution is -0.123. The van der Waals surface area contributed by atoms with Crippen LogP contribution in [0.2, 0.25) is 0 Å². The van der Waals surface area contributed by atoms with E-state index in [1.54, 1.807) is 0 Å². The number of hydrogen-bond acceptors (Lipinski definition) is 4. The van der Waals surface area contributed by atoms with Crippen molar-refractivity contribution in [2.24, 2.45) is 4.99 Å². The highest BCUT2D eigenvalue weighted by Crippen LogP contribution is 2.05. The standard InChI is InChI=1S/C21H35N5O2S.HI/c1-4-22-21(23-10-15-29(28)17-19-8-6-5-7-9-19)26-13-11-25(12-14-26)16-20(27)24-18(2)3;/h5-9,18H,4,10-17H2,1-3H3,(H,22,23)(H,24,27);1H. The van der Waals surface area contributed by atoms with Gasteiger partial charge in [0.25, 0.3) is 0 Å². The Morgan fingerprint density at radius 2 is 1.83 bits per heavy atom. The van der Waals surface area contributed by atoms with Gasteiger partial charge in [0.05, 0.1) is 13.1 Å². The summed E-state index contributed by atoms with van der Waals surface area (Å²) in [5.74, 6) is 2.08. The highest BCUT2D eigenvalue weighted by atomic mass is 127. The molecule has 2 rings (SSSR count). The van der Waals surface area contributed by atoms with Crippen molar-refractivity contribution in [3.63, 3.8) is 0 Å². The Kier molecular flexibility index (Phi) is 13.2. The molecule has 0 aliphatic carbocycles. The number of nitrogens with one attached hydrogen (secondary N) is 2. The van der Waals surface area contributed by atoms with Gasteiger partial charge in [-0.15, -0.1) is 24.0 Å². The van der Waals surface area contributed by atoms with Crippen molar-refractivity contribution in [2.45, 2.75) is 32.6 Å². The molecular weight excluding hydrogens is 513 g/mol. The van der Waals surface area contributed by atoms with Crippen LogP contribution >= 0.6 is 24.0 Å². The second-order valence-electron chi connectivity index (χ2n) is 7.49. The number of aliphatic imine (C=N–C) groups is 1. The minimum atomic E-state index is -0.920. The lowest BCUT2D eigenvalue weighted by atomic mass is 10.2. The third-order valence-corrected chi connectivity index (χ3v) is 5.87.